The topological polar surface area (TPSA) is 44.4 Å². The van der Waals surface area contributed by atoms with Crippen LogP contribution in [0.1, 0.15) is 52.4 Å². The molecule has 0 aromatic rings. The Morgan fingerprint density at radius 1 is 1.22 bits per heavy atom. The minimum atomic E-state index is -0.0880. The van der Waals surface area contributed by atoms with Crippen LogP contribution in [0.25, 0.3) is 0 Å². The molecule has 4 nitrogen and oxygen atoms in total. The molecule has 2 N–H and O–H groups in total. The van der Waals surface area contributed by atoms with Gasteiger partial charge in [0, 0.05) is 19.1 Å². The lowest BCUT2D eigenvalue weighted by Crippen LogP contribution is -2.56. The summed E-state index contributed by atoms with van der Waals surface area (Å²) in [5.41, 5.74) is -0.0880. The van der Waals surface area contributed by atoms with E-state index in [4.69, 9.17) is 0 Å². The smallest absolute Gasteiger partial charge is 0.318 e. The zero-order valence-corrected chi connectivity index (χ0v) is 11.8. The maximum absolute atomic E-state index is 12.4. The molecule has 1 saturated heterocycles. The quantitative estimate of drug-likeness (QED) is 0.751. The van der Waals surface area contributed by atoms with Gasteiger partial charge in [-0.05, 0) is 39.7 Å². The molecule has 2 fully saturated rings. The van der Waals surface area contributed by atoms with Crippen LogP contribution in [0.4, 0.5) is 4.79 Å². The predicted octanol–water partition coefficient (Wildman–Crippen LogP) is 2.10. The van der Waals surface area contributed by atoms with Gasteiger partial charge in [0.05, 0.1) is 5.54 Å². The fourth-order valence-electron chi connectivity index (χ4n) is 3.03. The lowest BCUT2D eigenvalue weighted by molar-refractivity contribution is 0.137. The molecule has 1 aliphatic heterocycles. The molecule has 0 spiro atoms. The van der Waals surface area contributed by atoms with Crippen molar-refractivity contribution >= 4 is 6.03 Å². The number of hydrogen-bond donors (Lipinski definition) is 2. The summed E-state index contributed by atoms with van der Waals surface area (Å²) in [6, 6.07) is 0.536. The molecule has 0 aromatic carbocycles. The average Bonchev–Trinajstić information content (AvgIpc) is 2.51. The highest BCUT2D eigenvalue weighted by molar-refractivity contribution is 5.75. The highest BCUT2D eigenvalue weighted by atomic mass is 16.2. The number of amides is 2. The Morgan fingerprint density at radius 2 is 1.94 bits per heavy atom. The van der Waals surface area contributed by atoms with E-state index in [9.17, 15) is 4.79 Å². The molecule has 104 valence electrons. The third-order valence-electron chi connectivity index (χ3n) is 4.20. The van der Waals surface area contributed by atoms with Crippen LogP contribution in [-0.4, -0.2) is 42.1 Å². The van der Waals surface area contributed by atoms with Crippen molar-refractivity contribution in [3.05, 3.63) is 0 Å². The van der Waals surface area contributed by atoms with E-state index >= 15 is 0 Å². The number of urea groups is 1. The summed E-state index contributed by atoms with van der Waals surface area (Å²) in [5.74, 6) is 0. The number of nitrogens with zero attached hydrogens (tertiary/aromatic N) is 1. The number of nitrogens with one attached hydrogen (secondary N) is 2. The monoisotopic (exact) mass is 253 g/mol. The maximum atomic E-state index is 12.4. The molecule has 4 heteroatoms. The molecule has 2 amide bonds. The summed E-state index contributed by atoms with van der Waals surface area (Å²) in [5, 5.41) is 6.64. The molecule has 1 saturated carbocycles. The number of hydrogen-bond acceptors (Lipinski definition) is 2. The molecule has 1 heterocycles. The molecule has 0 aromatic heterocycles. The molecule has 0 bridgehead atoms. The van der Waals surface area contributed by atoms with Crippen LogP contribution in [0, 0.1) is 0 Å². The lowest BCUT2D eigenvalue weighted by Gasteiger charge is -2.38. The minimum absolute atomic E-state index is 0.0880. The average molecular weight is 253 g/mol. The van der Waals surface area contributed by atoms with Gasteiger partial charge in [0.1, 0.15) is 0 Å². The van der Waals surface area contributed by atoms with Gasteiger partial charge in [-0.1, -0.05) is 19.3 Å². The number of rotatable bonds is 1. The Morgan fingerprint density at radius 3 is 2.67 bits per heavy atom. The van der Waals surface area contributed by atoms with Crippen molar-refractivity contribution in [3.8, 4) is 0 Å². The number of carbonyl (C=O) groups excluding carboxylic acids is 1. The van der Waals surface area contributed by atoms with Crippen molar-refractivity contribution in [1.29, 1.82) is 0 Å². The summed E-state index contributed by atoms with van der Waals surface area (Å²) in [6.07, 6.45) is 7.19. The van der Waals surface area contributed by atoms with E-state index in [0.29, 0.717) is 6.04 Å². The van der Waals surface area contributed by atoms with Gasteiger partial charge >= 0.3 is 6.03 Å². The van der Waals surface area contributed by atoms with Crippen molar-refractivity contribution in [2.24, 2.45) is 0 Å². The Kier molecular flexibility index (Phi) is 4.49. The first kappa shape index (κ1) is 13.7. The second-order valence-corrected chi connectivity index (χ2v) is 6.28. The standard InChI is InChI=1S/C14H27N3O/c1-14(2)11-15-9-6-10-17(14)13(18)16-12-7-4-3-5-8-12/h12,15H,3-11H2,1-2H3,(H,16,18). The van der Waals surface area contributed by atoms with E-state index in [1.54, 1.807) is 0 Å². The Balaban J connectivity index is 1.93. The first-order chi connectivity index (χ1) is 8.59. The molecule has 2 rings (SSSR count). The second kappa shape index (κ2) is 5.91. The number of carbonyl (C=O) groups is 1. The van der Waals surface area contributed by atoms with Gasteiger partial charge in [-0.2, -0.15) is 0 Å². The van der Waals surface area contributed by atoms with E-state index in [0.717, 1.165) is 38.9 Å². The third-order valence-corrected chi connectivity index (χ3v) is 4.20. The third kappa shape index (κ3) is 3.37. The van der Waals surface area contributed by atoms with Gasteiger partial charge in [0.2, 0.25) is 0 Å². The predicted molar refractivity (Wildman–Crippen MR) is 73.7 cm³/mol. The Bertz CT molecular complexity index is 285. The first-order valence-corrected chi connectivity index (χ1v) is 7.38. The molecule has 0 unspecified atom stereocenters. The highest BCUT2D eigenvalue weighted by Gasteiger charge is 2.32. The first-order valence-electron chi connectivity index (χ1n) is 7.38. The van der Waals surface area contributed by atoms with Crippen molar-refractivity contribution in [1.82, 2.24) is 15.5 Å². The van der Waals surface area contributed by atoms with Crippen molar-refractivity contribution in [2.45, 2.75) is 64.0 Å². The highest BCUT2D eigenvalue weighted by Crippen LogP contribution is 2.20. The van der Waals surface area contributed by atoms with E-state index < -0.39 is 0 Å². The van der Waals surface area contributed by atoms with Gasteiger partial charge in [0.25, 0.3) is 0 Å². The van der Waals surface area contributed by atoms with Crippen molar-refractivity contribution < 1.29 is 4.79 Å². The molecular formula is C14H27N3O. The van der Waals surface area contributed by atoms with Gasteiger partial charge in [-0.15, -0.1) is 0 Å². The summed E-state index contributed by atoms with van der Waals surface area (Å²) < 4.78 is 0. The normalized spacial score (nSPS) is 25.6. The van der Waals surface area contributed by atoms with Crippen molar-refractivity contribution in [2.75, 3.05) is 19.6 Å². The minimum Gasteiger partial charge on any atom is -0.335 e. The van der Waals surface area contributed by atoms with Crippen LogP contribution < -0.4 is 10.6 Å². The molecule has 2 aliphatic rings. The van der Waals surface area contributed by atoms with Gasteiger partial charge < -0.3 is 15.5 Å². The zero-order valence-electron chi connectivity index (χ0n) is 11.8. The summed E-state index contributed by atoms with van der Waals surface area (Å²) >= 11 is 0. The van der Waals surface area contributed by atoms with Crippen LogP contribution in [0.2, 0.25) is 0 Å². The maximum Gasteiger partial charge on any atom is 0.318 e. The van der Waals surface area contributed by atoms with E-state index in [2.05, 4.69) is 24.5 Å². The van der Waals surface area contributed by atoms with E-state index in [1.165, 1.54) is 19.3 Å². The van der Waals surface area contributed by atoms with E-state index in [-0.39, 0.29) is 11.6 Å². The van der Waals surface area contributed by atoms with Crippen molar-refractivity contribution in [3.63, 3.8) is 0 Å². The fraction of sp³-hybridized carbons (Fsp3) is 0.929. The summed E-state index contributed by atoms with van der Waals surface area (Å²) in [4.78, 5) is 14.4. The summed E-state index contributed by atoms with van der Waals surface area (Å²) in [6.45, 7) is 7.04. The Labute approximate surface area is 110 Å². The molecule has 0 atom stereocenters. The Hall–Kier alpha value is -0.770. The second-order valence-electron chi connectivity index (χ2n) is 6.28. The van der Waals surface area contributed by atoms with Crippen LogP contribution in [0.15, 0.2) is 0 Å². The van der Waals surface area contributed by atoms with Crippen LogP contribution >= 0.6 is 0 Å². The van der Waals surface area contributed by atoms with E-state index in [1.807, 2.05) is 4.90 Å². The van der Waals surface area contributed by atoms with Crippen LogP contribution in [0.5, 0.6) is 0 Å². The largest absolute Gasteiger partial charge is 0.335 e. The summed E-state index contributed by atoms with van der Waals surface area (Å²) in [7, 11) is 0. The lowest BCUT2D eigenvalue weighted by atomic mass is 9.95. The van der Waals surface area contributed by atoms with Gasteiger partial charge in [0.15, 0.2) is 0 Å². The molecule has 1 aliphatic carbocycles. The SMILES string of the molecule is CC1(C)CNCCCN1C(=O)NC1CCCCC1. The fourth-order valence-corrected chi connectivity index (χ4v) is 3.03. The van der Waals surface area contributed by atoms with Crippen LogP contribution in [0.3, 0.4) is 0 Å². The molecular weight excluding hydrogens is 226 g/mol. The molecule has 0 radical (unpaired) electrons. The zero-order chi connectivity index (χ0) is 13.0. The van der Waals surface area contributed by atoms with Gasteiger partial charge in [-0.3, -0.25) is 0 Å². The molecule has 18 heavy (non-hydrogen) atoms. The van der Waals surface area contributed by atoms with Crippen LogP contribution in [-0.2, 0) is 0 Å². The van der Waals surface area contributed by atoms with Gasteiger partial charge in [-0.25, -0.2) is 4.79 Å².